The minimum Gasteiger partial charge on any atom is -0.307 e. The maximum atomic E-state index is 13.3. The Morgan fingerprint density at radius 1 is 1.12 bits per heavy atom. The lowest BCUT2D eigenvalue weighted by Gasteiger charge is -2.26. The molecule has 0 aromatic heterocycles. The van der Waals surface area contributed by atoms with Crippen LogP contribution in [0.4, 0.5) is 13.2 Å². The molecule has 0 saturated carbocycles. The van der Waals surface area contributed by atoms with Crippen molar-refractivity contribution in [1.29, 1.82) is 0 Å². The van der Waals surface area contributed by atoms with Gasteiger partial charge in [0.1, 0.15) is 0 Å². The number of unbranched alkanes of at least 4 members (excludes halogenated alkanes) is 4. The van der Waals surface area contributed by atoms with Gasteiger partial charge in [-0.3, -0.25) is 4.79 Å². The number of Topliss-reactive ketones (excluding diaryl/α,β-unsaturated/α-hetero) is 1. The molecule has 0 aliphatic heterocycles. The van der Waals surface area contributed by atoms with E-state index in [1.807, 2.05) is 6.92 Å². The second kappa shape index (κ2) is 8.89. The lowest BCUT2D eigenvalue weighted by atomic mass is 9.90. The third kappa shape index (κ3) is 6.01. The van der Waals surface area contributed by atoms with Crippen LogP contribution in [0.15, 0.2) is 24.3 Å². The first-order valence-electron chi connectivity index (χ1n) is 8.15. The summed E-state index contributed by atoms with van der Waals surface area (Å²) in [5, 5.41) is 0. The summed E-state index contributed by atoms with van der Waals surface area (Å²) < 4.78 is 39.9. The number of hydrogen-bond donors (Lipinski definition) is 1. The van der Waals surface area contributed by atoms with Gasteiger partial charge in [0.2, 0.25) is 0 Å². The number of halogens is 3. The average molecular weight is 339 g/mol. The van der Waals surface area contributed by atoms with Gasteiger partial charge in [-0.1, -0.05) is 61.9 Å². The summed E-state index contributed by atoms with van der Waals surface area (Å²) in [5.41, 5.74) is 3.80. The van der Waals surface area contributed by atoms with Gasteiger partial charge < -0.3 is 5.73 Å². The van der Waals surface area contributed by atoms with Gasteiger partial charge in [-0.15, -0.1) is 5.92 Å². The highest BCUT2D eigenvalue weighted by Gasteiger charge is 2.52. The summed E-state index contributed by atoms with van der Waals surface area (Å²) in [7, 11) is 0. The van der Waals surface area contributed by atoms with Gasteiger partial charge in [0.25, 0.3) is 0 Å². The Morgan fingerprint density at radius 3 is 2.29 bits per heavy atom. The van der Waals surface area contributed by atoms with E-state index in [2.05, 4.69) is 18.8 Å². The van der Waals surface area contributed by atoms with E-state index in [0.717, 1.165) is 31.2 Å². The molecule has 0 amide bonds. The Bertz CT molecular complexity index is 596. The van der Waals surface area contributed by atoms with E-state index in [1.165, 1.54) is 12.1 Å². The summed E-state index contributed by atoms with van der Waals surface area (Å²) in [4.78, 5) is 12.1. The molecule has 0 aliphatic carbocycles. The zero-order valence-corrected chi connectivity index (χ0v) is 14.2. The number of hydrogen-bond acceptors (Lipinski definition) is 2. The summed E-state index contributed by atoms with van der Waals surface area (Å²) in [5.74, 6) is 3.96. The highest BCUT2D eigenvalue weighted by molar-refractivity contribution is 5.97. The SMILES string of the molecule is CCCCCCC#CC(N)(CC(=O)c1ccc(C)cc1)C(F)(F)F. The second-order valence-electron chi connectivity index (χ2n) is 6.05. The fourth-order valence-corrected chi connectivity index (χ4v) is 2.17. The summed E-state index contributed by atoms with van der Waals surface area (Å²) in [6.07, 6.45) is -1.54. The van der Waals surface area contributed by atoms with Crippen LogP contribution in [0.5, 0.6) is 0 Å². The molecule has 0 bridgehead atoms. The average Bonchev–Trinajstić information content (AvgIpc) is 2.50. The fourth-order valence-electron chi connectivity index (χ4n) is 2.17. The van der Waals surface area contributed by atoms with Crippen molar-refractivity contribution in [2.24, 2.45) is 5.73 Å². The number of carbonyl (C=O) groups excluding carboxylic acids is 1. The van der Waals surface area contributed by atoms with Crippen molar-refractivity contribution in [3.8, 4) is 11.8 Å². The van der Waals surface area contributed by atoms with Crippen molar-refractivity contribution in [2.75, 3.05) is 0 Å². The van der Waals surface area contributed by atoms with Gasteiger partial charge in [0.05, 0.1) is 0 Å². The molecule has 0 aliphatic rings. The third-order valence-corrected chi connectivity index (χ3v) is 3.79. The molecule has 24 heavy (non-hydrogen) atoms. The van der Waals surface area contributed by atoms with Gasteiger partial charge in [-0.05, 0) is 13.3 Å². The first-order valence-corrected chi connectivity index (χ1v) is 8.15. The maximum absolute atomic E-state index is 13.3. The number of nitrogens with two attached hydrogens (primary N) is 1. The van der Waals surface area contributed by atoms with Crippen LogP contribution in [0, 0.1) is 18.8 Å². The molecule has 0 radical (unpaired) electrons. The van der Waals surface area contributed by atoms with Crippen molar-refractivity contribution in [3.63, 3.8) is 0 Å². The van der Waals surface area contributed by atoms with Crippen molar-refractivity contribution < 1.29 is 18.0 Å². The largest absolute Gasteiger partial charge is 0.418 e. The van der Waals surface area contributed by atoms with Crippen LogP contribution in [-0.4, -0.2) is 17.5 Å². The van der Waals surface area contributed by atoms with Crippen molar-refractivity contribution in [2.45, 2.75) is 64.1 Å². The molecule has 1 unspecified atom stereocenters. The van der Waals surface area contributed by atoms with Crippen LogP contribution >= 0.6 is 0 Å². The molecule has 132 valence electrons. The Morgan fingerprint density at radius 2 is 1.75 bits per heavy atom. The predicted molar refractivity (Wildman–Crippen MR) is 89.6 cm³/mol. The molecule has 1 aromatic carbocycles. The number of benzene rings is 1. The zero-order valence-electron chi connectivity index (χ0n) is 14.2. The van der Waals surface area contributed by atoms with Gasteiger partial charge >= 0.3 is 6.18 Å². The fraction of sp³-hybridized carbons (Fsp3) is 0.526. The molecule has 1 rings (SSSR count). The van der Waals surface area contributed by atoms with E-state index in [0.29, 0.717) is 6.42 Å². The van der Waals surface area contributed by atoms with E-state index in [1.54, 1.807) is 12.1 Å². The van der Waals surface area contributed by atoms with Gasteiger partial charge in [-0.2, -0.15) is 13.2 Å². The first kappa shape index (κ1) is 20.2. The summed E-state index contributed by atoms with van der Waals surface area (Å²) in [6, 6.07) is 6.37. The van der Waals surface area contributed by atoms with E-state index < -0.39 is 23.9 Å². The van der Waals surface area contributed by atoms with Crippen molar-refractivity contribution >= 4 is 5.78 Å². The van der Waals surface area contributed by atoms with E-state index >= 15 is 0 Å². The molecule has 0 saturated heterocycles. The molecule has 0 heterocycles. The Kier molecular flexibility index (Phi) is 7.50. The smallest absolute Gasteiger partial charge is 0.307 e. The quantitative estimate of drug-likeness (QED) is 0.440. The molecule has 2 nitrogen and oxygen atoms in total. The maximum Gasteiger partial charge on any atom is 0.418 e. The summed E-state index contributed by atoms with van der Waals surface area (Å²) in [6.45, 7) is 3.89. The van der Waals surface area contributed by atoms with E-state index in [4.69, 9.17) is 5.73 Å². The molecule has 5 heteroatoms. The topological polar surface area (TPSA) is 43.1 Å². The first-order chi connectivity index (χ1) is 11.2. The van der Waals surface area contributed by atoms with Crippen molar-refractivity contribution in [3.05, 3.63) is 35.4 Å². The number of aryl methyl sites for hydroxylation is 1. The van der Waals surface area contributed by atoms with Crippen LogP contribution in [-0.2, 0) is 0 Å². The molecule has 2 N–H and O–H groups in total. The Hall–Kier alpha value is -1.80. The zero-order chi connectivity index (χ0) is 18.2. The number of alkyl halides is 3. The highest BCUT2D eigenvalue weighted by Crippen LogP contribution is 2.31. The van der Waals surface area contributed by atoms with E-state index in [9.17, 15) is 18.0 Å². The number of rotatable bonds is 7. The van der Waals surface area contributed by atoms with Gasteiger partial charge in [0.15, 0.2) is 11.3 Å². The van der Waals surface area contributed by atoms with Gasteiger partial charge in [-0.25, -0.2) is 0 Å². The number of ketones is 1. The molecule has 1 atom stereocenters. The number of carbonyl (C=O) groups is 1. The lowest BCUT2D eigenvalue weighted by molar-refractivity contribution is -0.167. The highest BCUT2D eigenvalue weighted by atomic mass is 19.4. The van der Waals surface area contributed by atoms with Crippen LogP contribution in [0.2, 0.25) is 0 Å². The lowest BCUT2D eigenvalue weighted by Crippen LogP contribution is -2.53. The second-order valence-corrected chi connectivity index (χ2v) is 6.05. The minimum atomic E-state index is -4.76. The molecule has 1 aromatic rings. The minimum absolute atomic E-state index is 0.212. The third-order valence-electron chi connectivity index (χ3n) is 3.79. The molecular formula is C19H24F3NO. The standard InChI is InChI=1S/C19H24F3NO/c1-3-4-5-6-7-8-13-18(23,19(20,21)22)14-17(24)16-11-9-15(2)10-12-16/h9-12H,3-7,14,23H2,1-2H3. The van der Waals surface area contributed by atoms with Crippen LogP contribution < -0.4 is 5.73 Å². The predicted octanol–water partition coefficient (Wildman–Crippen LogP) is 4.80. The monoisotopic (exact) mass is 339 g/mol. The molecule has 0 spiro atoms. The molecule has 0 fully saturated rings. The van der Waals surface area contributed by atoms with Crippen LogP contribution in [0.3, 0.4) is 0 Å². The van der Waals surface area contributed by atoms with Crippen molar-refractivity contribution in [1.82, 2.24) is 0 Å². The summed E-state index contributed by atoms with van der Waals surface area (Å²) >= 11 is 0. The normalized spacial score (nSPS) is 13.8. The Labute approximate surface area is 141 Å². The molecular weight excluding hydrogens is 315 g/mol. The van der Waals surface area contributed by atoms with Crippen LogP contribution in [0.25, 0.3) is 0 Å². The Balaban J connectivity index is 2.83. The van der Waals surface area contributed by atoms with Crippen LogP contribution in [0.1, 0.15) is 61.4 Å². The van der Waals surface area contributed by atoms with Gasteiger partial charge in [0, 0.05) is 18.4 Å². The van der Waals surface area contributed by atoms with E-state index in [-0.39, 0.29) is 5.56 Å².